The van der Waals surface area contributed by atoms with E-state index in [1.54, 1.807) is 11.8 Å². The number of halogens is 1. The number of aryl methyl sites for hydroxylation is 1. The van der Waals surface area contributed by atoms with Gasteiger partial charge in [-0.2, -0.15) is 0 Å². The van der Waals surface area contributed by atoms with Crippen molar-refractivity contribution in [2.45, 2.75) is 17.8 Å². The van der Waals surface area contributed by atoms with Gasteiger partial charge in [-0.25, -0.2) is 0 Å². The van der Waals surface area contributed by atoms with Crippen LogP contribution in [0, 0.1) is 6.92 Å². The first-order valence-corrected chi connectivity index (χ1v) is 6.27. The fourth-order valence-electron chi connectivity index (χ4n) is 1.27. The summed E-state index contributed by atoms with van der Waals surface area (Å²) in [4.78, 5) is 0. The standard InChI is InChI=1S/C11H12ClN3S/c1-8-13-14-11(15(8)2)16-7-9-5-3-4-6-10(9)12/h3-6H,7H2,1-2H3. The zero-order valence-electron chi connectivity index (χ0n) is 9.14. The maximum Gasteiger partial charge on any atom is 0.191 e. The molecule has 1 aromatic heterocycles. The summed E-state index contributed by atoms with van der Waals surface area (Å²) in [7, 11) is 1.96. The van der Waals surface area contributed by atoms with Gasteiger partial charge in [-0.15, -0.1) is 10.2 Å². The van der Waals surface area contributed by atoms with E-state index in [9.17, 15) is 0 Å². The third kappa shape index (κ3) is 2.39. The molecule has 0 amide bonds. The van der Waals surface area contributed by atoms with Crippen molar-refractivity contribution >= 4 is 23.4 Å². The third-order valence-corrected chi connectivity index (χ3v) is 3.80. The number of thioether (sulfide) groups is 1. The number of benzene rings is 1. The van der Waals surface area contributed by atoms with Gasteiger partial charge in [-0.3, -0.25) is 0 Å². The lowest BCUT2D eigenvalue weighted by atomic mass is 10.2. The first kappa shape index (κ1) is 11.5. The van der Waals surface area contributed by atoms with Crippen LogP contribution in [0.4, 0.5) is 0 Å². The minimum absolute atomic E-state index is 0.800. The summed E-state index contributed by atoms with van der Waals surface area (Å²) < 4.78 is 1.97. The molecule has 0 radical (unpaired) electrons. The highest BCUT2D eigenvalue weighted by molar-refractivity contribution is 7.98. The molecule has 3 nitrogen and oxygen atoms in total. The number of aromatic nitrogens is 3. The van der Waals surface area contributed by atoms with Crippen LogP contribution in [0.25, 0.3) is 0 Å². The summed E-state index contributed by atoms with van der Waals surface area (Å²) in [6.45, 7) is 1.94. The molecule has 5 heteroatoms. The summed E-state index contributed by atoms with van der Waals surface area (Å²) in [6.07, 6.45) is 0. The number of hydrogen-bond donors (Lipinski definition) is 0. The Balaban J connectivity index is 2.08. The molecule has 2 aromatic rings. The first-order chi connectivity index (χ1) is 7.68. The molecule has 16 heavy (non-hydrogen) atoms. The van der Waals surface area contributed by atoms with Gasteiger partial charge in [0.1, 0.15) is 5.82 Å². The van der Waals surface area contributed by atoms with Gasteiger partial charge >= 0.3 is 0 Å². The molecule has 0 fully saturated rings. The Morgan fingerprint density at radius 1 is 1.31 bits per heavy atom. The molecule has 0 N–H and O–H groups in total. The molecule has 0 aliphatic carbocycles. The maximum atomic E-state index is 6.08. The molecule has 84 valence electrons. The second-order valence-electron chi connectivity index (χ2n) is 3.47. The maximum absolute atomic E-state index is 6.08. The van der Waals surface area contributed by atoms with Crippen LogP contribution >= 0.6 is 23.4 Å². The Kier molecular flexibility index (Phi) is 3.51. The van der Waals surface area contributed by atoms with Crippen molar-refractivity contribution in [1.29, 1.82) is 0 Å². The average molecular weight is 254 g/mol. The highest BCUT2D eigenvalue weighted by atomic mass is 35.5. The smallest absolute Gasteiger partial charge is 0.191 e. The highest BCUT2D eigenvalue weighted by Crippen LogP contribution is 2.25. The van der Waals surface area contributed by atoms with E-state index >= 15 is 0 Å². The molecule has 0 aliphatic heterocycles. The van der Waals surface area contributed by atoms with Crippen molar-refractivity contribution in [3.05, 3.63) is 40.7 Å². The average Bonchev–Trinajstić information content (AvgIpc) is 2.59. The highest BCUT2D eigenvalue weighted by Gasteiger charge is 2.06. The van der Waals surface area contributed by atoms with Crippen LogP contribution in [0.5, 0.6) is 0 Å². The van der Waals surface area contributed by atoms with Gasteiger partial charge in [0.25, 0.3) is 0 Å². The number of rotatable bonds is 3. The Hall–Kier alpha value is -1.00. The van der Waals surface area contributed by atoms with Crippen molar-refractivity contribution in [2.24, 2.45) is 7.05 Å². The Bertz CT molecular complexity index is 496. The second-order valence-corrected chi connectivity index (χ2v) is 4.82. The van der Waals surface area contributed by atoms with Gasteiger partial charge in [0.2, 0.25) is 0 Å². The Morgan fingerprint density at radius 3 is 2.69 bits per heavy atom. The molecule has 1 heterocycles. The minimum atomic E-state index is 0.800. The van der Waals surface area contributed by atoms with Crippen molar-refractivity contribution in [3.8, 4) is 0 Å². The van der Waals surface area contributed by atoms with Crippen LogP contribution < -0.4 is 0 Å². The molecule has 0 atom stereocenters. The van der Waals surface area contributed by atoms with Crippen LogP contribution in [0.2, 0.25) is 5.02 Å². The normalized spacial score (nSPS) is 10.7. The summed E-state index contributed by atoms with van der Waals surface area (Å²) >= 11 is 7.72. The summed E-state index contributed by atoms with van der Waals surface area (Å²) in [5.41, 5.74) is 1.12. The van der Waals surface area contributed by atoms with Crippen molar-refractivity contribution in [1.82, 2.24) is 14.8 Å². The van der Waals surface area contributed by atoms with Gasteiger partial charge < -0.3 is 4.57 Å². The zero-order valence-corrected chi connectivity index (χ0v) is 10.7. The van der Waals surface area contributed by atoms with Crippen molar-refractivity contribution in [3.63, 3.8) is 0 Å². The molecule has 0 saturated heterocycles. The largest absolute Gasteiger partial charge is 0.309 e. The van der Waals surface area contributed by atoms with Crippen LogP contribution in [0.3, 0.4) is 0 Å². The molecule has 0 bridgehead atoms. The van der Waals surface area contributed by atoms with Gasteiger partial charge in [-0.05, 0) is 18.6 Å². The van der Waals surface area contributed by atoms with Crippen LogP contribution in [-0.2, 0) is 12.8 Å². The number of hydrogen-bond acceptors (Lipinski definition) is 3. The van der Waals surface area contributed by atoms with Crippen LogP contribution in [0.1, 0.15) is 11.4 Å². The molecular weight excluding hydrogens is 242 g/mol. The SMILES string of the molecule is Cc1nnc(SCc2ccccc2Cl)n1C. The van der Waals surface area contributed by atoms with E-state index in [1.165, 1.54) is 0 Å². The van der Waals surface area contributed by atoms with Gasteiger partial charge in [-0.1, -0.05) is 41.6 Å². The predicted molar refractivity (Wildman–Crippen MR) is 66.8 cm³/mol. The van der Waals surface area contributed by atoms with Gasteiger partial charge in [0.05, 0.1) is 0 Å². The fraction of sp³-hybridized carbons (Fsp3) is 0.273. The molecule has 0 unspecified atom stereocenters. The van der Waals surface area contributed by atoms with E-state index in [4.69, 9.17) is 11.6 Å². The number of nitrogens with zero attached hydrogens (tertiary/aromatic N) is 3. The molecular formula is C11H12ClN3S. The quantitative estimate of drug-likeness (QED) is 0.788. The zero-order chi connectivity index (χ0) is 11.5. The van der Waals surface area contributed by atoms with E-state index in [1.807, 2.05) is 42.8 Å². The van der Waals surface area contributed by atoms with E-state index in [0.717, 1.165) is 27.3 Å². The van der Waals surface area contributed by atoms with E-state index < -0.39 is 0 Å². The van der Waals surface area contributed by atoms with Gasteiger partial charge in [0, 0.05) is 17.8 Å². The van der Waals surface area contributed by atoms with E-state index in [0.29, 0.717) is 0 Å². The lowest BCUT2D eigenvalue weighted by Gasteiger charge is -2.03. The lowest BCUT2D eigenvalue weighted by Crippen LogP contribution is -1.93. The molecule has 2 rings (SSSR count). The topological polar surface area (TPSA) is 30.7 Å². The van der Waals surface area contributed by atoms with Crippen LogP contribution in [0.15, 0.2) is 29.4 Å². The third-order valence-electron chi connectivity index (χ3n) is 2.37. The summed E-state index contributed by atoms with van der Waals surface area (Å²) in [6, 6.07) is 7.85. The van der Waals surface area contributed by atoms with Crippen LogP contribution in [-0.4, -0.2) is 14.8 Å². The minimum Gasteiger partial charge on any atom is -0.309 e. The molecule has 0 aliphatic rings. The monoisotopic (exact) mass is 253 g/mol. The Labute approximate surface area is 104 Å². The van der Waals surface area contributed by atoms with E-state index in [2.05, 4.69) is 10.2 Å². The Morgan fingerprint density at radius 2 is 2.06 bits per heavy atom. The second kappa shape index (κ2) is 4.89. The predicted octanol–water partition coefficient (Wildman–Crippen LogP) is 3.07. The van der Waals surface area contributed by atoms with E-state index in [-0.39, 0.29) is 0 Å². The van der Waals surface area contributed by atoms with Crippen molar-refractivity contribution in [2.75, 3.05) is 0 Å². The summed E-state index contributed by atoms with van der Waals surface area (Å²) in [5.74, 6) is 1.73. The van der Waals surface area contributed by atoms with Gasteiger partial charge in [0.15, 0.2) is 5.16 Å². The van der Waals surface area contributed by atoms with Crippen molar-refractivity contribution < 1.29 is 0 Å². The molecule has 0 spiro atoms. The first-order valence-electron chi connectivity index (χ1n) is 4.90. The fourth-order valence-corrected chi connectivity index (χ4v) is 2.51. The summed E-state index contributed by atoms with van der Waals surface area (Å²) in [5, 5.41) is 9.82. The lowest BCUT2D eigenvalue weighted by molar-refractivity contribution is 0.765. The molecule has 0 saturated carbocycles. The molecule has 1 aromatic carbocycles.